The number of hydrogen-bond donors (Lipinski definition) is 4. The first-order chi connectivity index (χ1) is 17.3. The molecule has 2 aromatic carbocycles. The van der Waals surface area contributed by atoms with E-state index in [1.807, 2.05) is 30.3 Å². The molecule has 1 aliphatic carbocycles. The molecule has 4 N–H and O–H groups in total. The van der Waals surface area contributed by atoms with Crippen molar-refractivity contribution in [1.82, 2.24) is 16.0 Å². The lowest BCUT2D eigenvalue weighted by Gasteiger charge is -2.36. The summed E-state index contributed by atoms with van der Waals surface area (Å²) in [6.45, 7) is 1.41. The maximum atomic E-state index is 13.4. The Hall–Kier alpha value is -3.92. The summed E-state index contributed by atoms with van der Waals surface area (Å²) in [5, 5.41) is 11.2. The molecule has 1 unspecified atom stereocenters. The Bertz CT molecular complexity index is 1290. The number of anilines is 2. The number of carbonyl (C=O) groups excluding carboxylic acids is 4. The largest absolute Gasteiger partial charge is 0.484 e. The Labute approximate surface area is 207 Å². The molecule has 36 heavy (non-hydrogen) atoms. The lowest BCUT2D eigenvalue weighted by molar-refractivity contribution is -0.124. The van der Waals surface area contributed by atoms with Gasteiger partial charge in [-0.25, -0.2) is 4.79 Å². The zero-order valence-corrected chi connectivity index (χ0v) is 19.7. The number of nitrogens with zero attached hydrogens (tertiary/aromatic N) is 1. The summed E-state index contributed by atoms with van der Waals surface area (Å²) in [7, 11) is 0. The lowest BCUT2D eigenvalue weighted by Crippen LogP contribution is -2.48. The first-order valence-corrected chi connectivity index (χ1v) is 12.2. The zero-order valence-electron chi connectivity index (χ0n) is 19.7. The first-order valence-electron chi connectivity index (χ1n) is 12.2. The lowest BCUT2D eigenvalue weighted by atomic mass is 9.88. The van der Waals surface area contributed by atoms with Crippen molar-refractivity contribution in [3.63, 3.8) is 0 Å². The molecule has 3 aliphatic heterocycles. The number of nitrogens with one attached hydrogen (secondary N) is 4. The third-order valence-electron chi connectivity index (χ3n) is 7.56. The second-order valence-electron chi connectivity index (χ2n) is 10.0. The highest BCUT2D eigenvalue weighted by Gasteiger charge is 2.50. The minimum atomic E-state index is -0.963. The van der Waals surface area contributed by atoms with Crippen LogP contribution in [0.15, 0.2) is 42.5 Å². The molecule has 0 radical (unpaired) electrons. The topological polar surface area (TPSA) is 129 Å². The van der Waals surface area contributed by atoms with Gasteiger partial charge in [-0.15, -0.1) is 0 Å². The summed E-state index contributed by atoms with van der Waals surface area (Å²) in [6, 6.07) is 12.3. The molecule has 186 valence electrons. The molecular formula is C26H27N5O5. The van der Waals surface area contributed by atoms with Crippen molar-refractivity contribution in [2.75, 3.05) is 29.9 Å². The van der Waals surface area contributed by atoms with Crippen LogP contribution >= 0.6 is 0 Å². The molecule has 0 saturated carbocycles. The molecule has 6 rings (SSSR count). The number of piperidine rings is 1. The minimum absolute atomic E-state index is 0.143. The van der Waals surface area contributed by atoms with E-state index in [0.29, 0.717) is 30.0 Å². The number of benzene rings is 2. The van der Waals surface area contributed by atoms with Crippen molar-refractivity contribution in [3.8, 4) is 5.75 Å². The van der Waals surface area contributed by atoms with Crippen molar-refractivity contribution in [3.05, 3.63) is 53.6 Å². The molecule has 2 fully saturated rings. The van der Waals surface area contributed by atoms with Crippen LogP contribution in [-0.4, -0.2) is 54.5 Å². The number of ether oxygens (including phenoxy) is 1. The zero-order chi connectivity index (χ0) is 24.9. The molecule has 10 heteroatoms. The summed E-state index contributed by atoms with van der Waals surface area (Å²) in [6.07, 6.45) is 2.43. The van der Waals surface area contributed by atoms with Gasteiger partial charge in [0.2, 0.25) is 11.8 Å². The molecule has 3 heterocycles. The van der Waals surface area contributed by atoms with Gasteiger partial charge in [0.25, 0.3) is 5.91 Å². The number of para-hydroxylation sites is 2. The van der Waals surface area contributed by atoms with Gasteiger partial charge in [0, 0.05) is 31.4 Å². The summed E-state index contributed by atoms with van der Waals surface area (Å²) in [4.78, 5) is 51.9. The van der Waals surface area contributed by atoms with Gasteiger partial charge in [-0.3, -0.25) is 24.6 Å². The average molecular weight is 490 g/mol. The fraction of sp³-hybridized carbons (Fsp3) is 0.385. The van der Waals surface area contributed by atoms with Crippen molar-refractivity contribution in [1.29, 1.82) is 0 Å². The Kier molecular flexibility index (Phi) is 5.22. The SMILES string of the molecule is O=C(CN1C(=O)CC2(CCNCC2)Oc2ccccc21)Nc1ccc2c(c1)CC1(C2)NC(=O)NC1=O. The van der Waals surface area contributed by atoms with Crippen LogP contribution in [0.3, 0.4) is 0 Å². The summed E-state index contributed by atoms with van der Waals surface area (Å²) in [5.41, 5.74) is 1.47. The number of hydrogen-bond acceptors (Lipinski definition) is 6. The van der Waals surface area contributed by atoms with Crippen LogP contribution in [0.25, 0.3) is 0 Å². The van der Waals surface area contributed by atoms with Crippen LogP contribution in [0.1, 0.15) is 30.4 Å². The Morgan fingerprint density at radius 3 is 2.56 bits per heavy atom. The van der Waals surface area contributed by atoms with Gasteiger partial charge in [-0.1, -0.05) is 18.2 Å². The van der Waals surface area contributed by atoms with Gasteiger partial charge in [0.1, 0.15) is 23.4 Å². The highest BCUT2D eigenvalue weighted by atomic mass is 16.5. The van der Waals surface area contributed by atoms with Crippen LogP contribution in [0.4, 0.5) is 16.2 Å². The quantitative estimate of drug-likeness (QED) is 0.480. The normalized spacial score (nSPS) is 24.0. The van der Waals surface area contributed by atoms with E-state index < -0.39 is 17.2 Å². The molecule has 1 atom stereocenters. The van der Waals surface area contributed by atoms with Crippen LogP contribution < -0.4 is 30.9 Å². The first kappa shape index (κ1) is 22.5. The smallest absolute Gasteiger partial charge is 0.322 e. The van der Waals surface area contributed by atoms with E-state index in [9.17, 15) is 19.2 Å². The summed E-state index contributed by atoms with van der Waals surface area (Å²) >= 11 is 0. The molecule has 4 aliphatic rings. The molecule has 5 amide bonds. The second kappa shape index (κ2) is 8.34. The number of imide groups is 1. The van der Waals surface area contributed by atoms with Crippen molar-refractivity contribution in [2.45, 2.75) is 43.2 Å². The maximum Gasteiger partial charge on any atom is 0.322 e. The average Bonchev–Trinajstić information content (AvgIpc) is 3.31. The van der Waals surface area contributed by atoms with Crippen molar-refractivity contribution in [2.24, 2.45) is 0 Å². The monoisotopic (exact) mass is 489 g/mol. The van der Waals surface area contributed by atoms with E-state index in [4.69, 9.17) is 4.74 Å². The standard InChI is InChI=1S/C26H27N5O5/c32-21(28-18-6-5-16-12-26(13-17(16)11-18)23(34)29-24(35)30-26)15-31-19-3-1-2-4-20(19)36-25(14-22(31)33)7-9-27-10-8-25/h1-6,11,27H,7-10,12-15H2,(H,28,32)(H2,29,30,34,35). The number of urea groups is 1. The fourth-order valence-electron chi connectivity index (χ4n) is 5.75. The maximum absolute atomic E-state index is 13.4. The van der Waals surface area contributed by atoms with Gasteiger partial charge < -0.3 is 20.7 Å². The van der Waals surface area contributed by atoms with Gasteiger partial charge in [-0.2, -0.15) is 0 Å². The molecule has 2 saturated heterocycles. The van der Waals surface area contributed by atoms with E-state index >= 15 is 0 Å². The number of fused-ring (bicyclic) bond motifs is 2. The predicted molar refractivity (Wildman–Crippen MR) is 131 cm³/mol. The van der Waals surface area contributed by atoms with Crippen molar-refractivity contribution < 1.29 is 23.9 Å². The Morgan fingerprint density at radius 1 is 1.00 bits per heavy atom. The van der Waals surface area contributed by atoms with E-state index in [1.54, 1.807) is 12.1 Å². The van der Waals surface area contributed by atoms with Gasteiger partial charge >= 0.3 is 6.03 Å². The molecular weight excluding hydrogens is 462 g/mol. The molecule has 0 bridgehead atoms. The second-order valence-corrected chi connectivity index (χ2v) is 10.0. The molecule has 2 spiro atoms. The third-order valence-corrected chi connectivity index (χ3v) is 7.56. The van der Waals surface area contributed by atoms with E-state index in [1.165, 1.54) is 4.90 Å². The summed E-state index contributed by atoms with van der Waals surface area (Å²) in [5.74, 6) is -0.200. The van der Waals surface area contributed by atoms with Crippen LogP contribution in [0.5, 0.6) is 5.75 Å². The van der Waals surface area contributed by atoms with Gasteiger partial charge in [0.15, 0.2) is 0 Å². The minimum Gasteiger partial charge on any atom is -0.484 e. The van der Waals surface area contributed by atoms with E-state index in [2.05, 4.69) is 21.3 Å². The van der Waals surface area contributed by atoms with Crippen LogP contribution in [0.2, 0.25) is 0 Å². The number of carbonyl (C=O) groups is 4. The number of amides is 5. The predicted octanol–water partition coefficient (Wildman–Crippen LogP) is 1.24. The van der Waals surface area contributed by atoms with E-state index in [0.717, 1.165) is 37.1 Å². The fourth-order valence-corrected chi connectivity index (χ4v) is 5.75. The molecule has 0 aromatic heterocycles. The molecule has 2 aromatic rings. The van der Waals surface area contributed by atoms with Crippen LogP contribution in [-0.2, 0) is 27.2 Å². The van der Waals surface area contributed by atoms with Crippen LogP contribution in [0, 0.1) is 0 Å². The Morgan fingerprint density at radius 2 is 1.78 bits per heavy atom. The van der Waals surface area contributed by atoms with Gasteiger partial charge in [0.05, 0.1) is 12.1 Å². The Balaban J connectivity index is 1.19. The van der Waals surface area contributed by atoms with E-state index in [-0.39, 0.29) is 30.7 Å². The third kappa shape index (κ3) is 3.87. The summed E-state index contributed by atoms with van der Waals surface area (Å²) < 4.78 is 6.40. The highest BCUT2D eigenvalue weighted by Crippen LogP contribution is 2.40. The molecule has 10 nitrogen and oxygen atoms in total. The van der Waals surface area contributed by atoms with Gasteiger partial charge in [-0.05, 0) is 48.5 Å². The highest BCUT2D eigenvalue weighted by molar-refractivity contribution is 6.08. The number of rotatable bonds is 3. The van der Waals surface area contributed by atoms with Crippen molar-refractivity contribution >= 4 is 35.1 Å².